The molecule has 0 saturated carbocycles. The van der Waals surface area contributed by atoms with Crippen LogP contribution in [0.3, 0.4) is 0 Å². The predicted octanol–water partition coefficient (Wildman–Crippen LogP) is 3.56. The van der Waals surface area contributed by atoms with E-state index >= 15 is 0 Å². The van der Waals surface area contributed by atoms with Gasteiger partial charge < -0.3 is 4.90 Å². The Morgan fingerprint density at radius 1 is 1.19 bits per heavy atom. The molecular formula is C18H20N2O. The Balaban J connectivity index is 2.38. The number of rotatable bonds is 4. The van der Waals surface area contributed by atoms with Crippen molar-refractivity contribution < 1.29 is 4.79 Å². The van der Waals surface area contributed by atoms with E-state index in [1.807, 2.05) is 25.1 Å². The molecule has 3 heteroatoms. The lowest BCUT2D eigenvalue weighted by molar-refractivity contribution is -0.129. The Morgan fingerprint density at radius 2 is 1.86 bits per heavy atom. The molecule has 0 saturated heterocycles. The summed E-state index contributed by atoms with van der Waals surface area (Å²) >= 11 is 0. The third kappa shape index (κ3) is 3.41. The third-order valence-electron chi connectivity index (χ3n) is 3.90. The fourth-order valence-corrected chi connectivity index (χ4v) is 2.48. The van der Waals surface area contributed by atoms with Crippen LogP contribution in [0.5, 0.6) is 0 Å². The highest BCUT2D eigenvalue weighted by atomic mass is 16.2. The van der Waals surface area contributed by atoms with E-state index in [2.05, 4.69) is 30.3 Å². The van der Waals surface area contributed by atoms with Gasteiger partial charge in [-0.25, -0.2) is 0 Å². The molecule has 0 radical (unpaired) electrons. The van der Waals surface area contributed by atoms with Gasteiger partial charge in [0.1, 0.15) is 0 Å². The van der Waals surface area contributed by atoms with Gasteiger partial charge in [-0.15, -0.1) is 0 Å². The maximum absolute atomic E-state index is 12.0. The second kappa shape index (κ2) is 6.41. The number of nitrogens with zero attached hydrogens (tertiary/aromatic N) is 2. The van der Waals surface area contributed by atoms with Crippen LogP contribution < -0.4 is 0 Å². The molecule has 2 aromatic rings. The fraction of sp³-hybridized carbons (Fsp3) is 0.333. The zero-order valence-corrected chi connectivity index (χ0v) is 12.7. The van der Waals surface area contributed by atoms with E-state index in [9.17, 15) is 10.1 Å². The largest absolute Gasteiger partial charge is 0.349 e. The number of benzene rings is 2. The highest BCUT2D eigenvalue weighted by molar-refractivity contribution is 5.83. The highest BCUT2D eigenvalue weighted by Crippen LogP contribution is 2.30. The van der Waals surface area contributed by atoms with Crippen LogP contribution in [-0.4, -0.2) is 24.9 Å². The quantitative estimate of drug-likeness (QED) is 0.859. The van der Waals surface area contributed by atoms with Crippen molar-refractivity contribution in [1.82, 2.24) is 4.90 Å². The lowest BCUT2D eigenvalue weighted by Gasteiger charge is -2.21. The lowest BCUT2D eigenvalue weighted by atomic mass is 9.84. The molecule has 3 nitrogen and oxygen atoms in total. The summed E-state index contributed by atoms with van der Waals surface area (Å²) in [5.74, 6) is -0.222. The van der Waals surface area contributed by atoms with Gasteiger partial charge in [0.2, 0.25) is 5.91 Å². The molecule has 0 aromatic heterocycles. The number of nitriles is 1. The van der Waals surface area contributed by atoms with Crippen molar-refractivity contribution in [3.8, 4) is 6.07 Å². The van der Waals surface area contributed by atoms with Crippen LogP contribution >= 0.6 is 0 Å². The summed E-state index contributed by atoms with van der Waals surface area (Å²) < 4.78 is 0. The highest BCUT2D eigenvalue weighted by Gasteiger charge is 2.23. The number of carbonyl (C=O) groups is 1. The molecule has 1 amide bonds. The van der Waals surface area contributed by atoms with Gasteiger partial charge in [0.15, 0.2) is 0 Å². The van der Waals surface area contributed by atoms with Crippen molar-refractivity contribution in [1.29, 1.82) is 5.26 Å². The third-order valence-corrected chi connectivity index (χ3v) is 3.90. The topological polar surface area (TPSA) is 44.1 Å². The second-order valence-corrected chi connectivity index (χ2v) is 5.62. The Hall–Kier alpha value is -2.34. The van der Waals surface area contributed by atoms with Gasteiger partial charge in [-0.2, -0.15) is 5.26 Å². The van der Waals surface area contributed by atoms with E-state index in [-0.39, 0.29) is 17.7 Å². The van der Waals surface area contributed by atoms with Crippen molar-refractivity contribution in [3.05, 3.63) is 48.0 Å². The Labute approximate surface area is 125 Å². The first-order valence-electron chi connectivity index (χ1n) is 7.11. The van der Waals surface area contributed by atoms with Crippen LogP contribution in [-0.2, 0) is 4.79 Å². The van der Waals surface area contributed by atoms with Gasteiger partial charge in [-0.05, 0) is 23.3 Å². The van der Waals surface area contributed by atoms with Gasteiger partial charge in [-0.3, -0.25) is 4.79 Å². The zero-order chi connectivity index (χ0) is 15.4. The zero-order valence-electron chi connectivity index (χ0n) is 12.7. The molecule has 0 fully saturated rings. The van der Waals surface area contributed by atoms with Gasteiger partial charge in [0.25, 0.3) is 0 Å². The van der Waals surface area contributed by atoms with Gasteiger partial charge in [0.05, 0.1) is 12.0 Å². The van der Waals surface area contributed by atoms with Crippen LogP contribution in [0, 0.1) is 17.2 Å². The monoisotopic (exact) mass is 280 g/mol. The van der Waals surface area contributed by atoms with Gasteiger partial charge >= 0.3 is 0 Å². The van der Waals surface area contributed by atoms with E-state index in [4.69, 9.17) is 0 Å². The van der Waals surface area contributed by atoms with Crippen molar-refractivity contribution in [2.75, 3.05) is 14.1 Å². The summed E-state index contributed by atoms with van der Waals surface area (Å²) in [6.45, 7) is 1.88. The summed E-state index contributed by atoms with van der Waals surface area (Å²) in [5.41, 5.74) is 1.05. The molecule has 108 valence electrons. The Kier molecular flexibility index (Phi) is 4.59. The summed E-state index contributed by atoms with van der Waals surface area (Å²) in [6, 6.07) is 16.6. The molecule has 0 bridgehead atoms. The van der Waals surface area contributed by atoms with E-state index < -0.39 is 0 Å². The van der Waals surface area contributed by atoms with Crippen LogP contribution in [0.4, 0.5) is 0 Å². The van der Waals surface area contributed by atoms with Gasteiger partial charge in [-0.1, -0.05) is 42.5 Å². The van der Waals surface area contributed by atoms with E-state index in [0.717, 1.165) is 10.9 Å². The minimum absolute atomic E-state index is 0.0512. The first-order chi connectivity index (χ1) is 10.0. The standard InChI is InChI=1S/C18H20N2O/c1-13(12-19)17(11-18(21)20(2)3)16-9-8-14-6-4-5-7-15(14)10-16/h4-10,13,17H,11H2,1-3H3/t13-,17+/m1/s1. The average molecular weight is 280 g/mol. The van der Waals surface area contributed by atoms with E-state index in [1.165, 1.54) is 5.39 Å². The van der Waals surface area contributed by atoms with E-state index in [1.54, 1.807) is 19.0 Å². The Morgan fingerprint density at radius 3 is 2.48 bits per heavy atom. The van der Waals surface area contributed by atoms with E-state index in [0.29, 0.717) is 6.42 Å². The first kappa shape index (κ1) is 15.1. The summed E-state index contributed by atoms with van der Waals surface area (Å²) in [4.78, 5) is 13.6. The second-order valence-electron chi connectivity index (χ2n) is 5.62. The molecule has 0 spiro atoms. The van der Waals surface area contributed by atoms with Crippen molar-refractivity contribution in [2.45, 2.75) is 19.3 Å². The van der Waals surface area contributed by atoms with Crippen LogP contribution in [0.15, 0.2) is 42.5 Å². The SMILES string of the molecule is C[C@H](C#N)[C@H](CC(=O)N(C)C)c1ccc2ccccc2c1. The maximum atomic E-state index is 12.0. The molecular weight excluding hydrogens is 260 g/mol. The molecule has 0 aliphatic rings. The molecule has 2 atom stereocenters. The molecule has 0 N–H and O–H groups in total. The number of carbonyl (C=O) groups excluding carboxylic acids is 1. The molecule has 2 aromatic carbocycles. The molecule has 0 aliphatic heterocycles. The summed E-state index contributed by atoms with van der Waals surface area (Å²) in [7, 11) is 3.49. The Bertz CT molecular complexity index is 685. The molecule has 0 aliphatic carbocycles. The normalized spacial score (nSPS) is 13.4. The summed E-state index contributed by atoms with van der Waals surface area (Å²) in [6.07, 6.45) is 0.361. The van der Waals surface area contributed by atoms with Crippen molar-refractivity contribution >= 4 is 16.7 Å². The van der Waals surface area contributed by atoms with Crippen molar-refractivity contribution in [3.63, 3.8) is 0 Å². The number of fused-ring (bicyclic) bond motifs is 1. The fourth-order valence-electron chi connectivity index (χ4n) is 2.48. The lowest BCUT2D eigenvalue weighted by Crippen LogP contribution is -2.25. The minimum Gasteiger partial charge on any atom is -0.349 e. The van der Waals surface area contributed by atoms with Crippen LogP contribution in [0.25, 0.3) is 10.8 Å². The molecule has 2 rings (SSSR count). The molecule has 0 heterocycles. The minimum atomic E-state index is -0.199. The number of hydrogen-bond acceptors (Lipinski definition) is 2. The van der Waals surface area contributed by atoms with Crippen LogP contribution in [0.1, 0.15) is 24.8 Å². The number of amides is 1. The average Bonchev–Trinajstić information content (AvgIpc) is 2.51. The van der Waals surface area contributed by atoms with Gasteiger partial charge in [0, 0.05) is 26.4 Å². The predicted molar refractivity (Wildman–Crippen MR) is 84.8 cm³/mol. The smallest absolute Gasteiger partial charge is 0.222 e. The van der Waals surface area contributed by atoms with Crippen molar-refractivity contribution in [2.24, 2.45) is 5.92 Å². The van der Waals surface area contributed by atoms with Crippen LogP contribution in [0.2, 0.25) is 0 Å². The number of hydrogen-bond donors (Lipinski definition) is 0. The molecule has 21 heavy (non-hydrogen) atoms. The first-order valence-corrected chi connectivity index (χ1v) is 7.11. The molecule has 0 unspecified atom stereocenters. The summed E-state index contributed by atoms with van der Waals surface area (Å²) in [5, 5.41) is 11.6. The maximum Gasteiger partial charge on any atom is 0.222 e.